The molecule has 2 saturated heterocycles. The molecule has 3 aliphatic heterocycles. The number of nitrogens with zero attached hydrogens (tertiary/aromatic N) is 7. The van der Waals surface area contributed by atoms with E-state index in [1.54, 1.807) is 24.3 Å². The van der Waals surface area contributed by atoms with E-state index in [9.17, 15) is 14.7 Å². The molecule has 3 aromatic rings. The fourth-order valence-corrected chi connectivity index (χ4v) is 7.59. The first-order chi connectivity index (χ1) is 24.6. The number of aliphatic hydroxyl groups is 1. The SMILES string of the molecule is C#C.C/C(=C\C(=C/N(C)C=O)c1ccnc(N2CCn3c(cc4c3CC(C)(C)C4)C2=O)c1CO)Nc1ccc(N2CCN(C3COC3)CC2)cn1. The summed E-state index contributed by atoms with van der Waals surface area (Å²) in [5.74, 6) is 1.00. The number of rotatable bonds is 10. The van der Waals surface area contributed by atoms with Gasteiger partial charge in [0.1, 0.15) is 17.3 Å². The molecule has 4 aliphatic rings. The number of hydrogen-bond acceptors (Lipinski definition) is 9. The van der Waals surface area contributed by atoms with Gasteiger partial charge in [-0.05, 0) is 66.6 Å². The molecule has 2 fully saturated rings. The van der Waals surface area contributed by atoms with Gasteiger partial charge in [-0.25, -0.2) is 9.97 Å². The summed E-state index contributed by atoms with van der Waals surface area (Å²) in [4.78, 5) is 42.9. The number of aromatic nitrogens is 3. The van der Waals surface area contributed by atoms with E-state index in [1.807, 2.05) is 37.4 Å². The number of anilines is 3. The van der Waals surface area contributed by atoms with E-state index in [0.29, 0.717) is 53.2 Å². The predicted molar refractivity (Wildman–Crippen MR) is 199 cm³/mol. The van der Waals surface area contributed by atoms with Crippen LogP contribution in [0.15, 0.2) is 54.6 Å². The van der Waals surface area contributed by atoms with Crippen LogP contribution in [0.1, 0.15) is 53.6 Å². The molecule has 0 atom stereocenters. The van der Waals surface area contributed by atoms with E-state index in [2.05, 4.69) is 62.4 Å². The summed E-state index contributed by atoms with van der Waals surface area (Å²) in [7, 11) is 1.66. The van der Waals surface area contributed by atoms with Crippen LogP contribution in [0.5, 0.6) is 0 Å². The van der Waals surface area contributed by atoms with Crippen LogP contribution >= 0.6 is 0 Å². The van der Waals surface area contributed by atoms with Crippen molar-refractivity contribution in [3.8, 4) is 12.8 Å². The minimum Gasteiger partial charge on any atom is -0.392 e. The lowest BCUT2D eigenvalue weighted by Crippen LogP contribution is -2.56. The zero-order valence-corrected chi connectivity index (χ0v) is 30.0. The minimum absolute atomic E-state index is 0.119. The number of carbonyl (C=O) groups is 2. The summed E-state index contributed by atoms with van der Waals surface area (Å²) >= 11 is 0. The van der Waals surface area contributed by atoms with Crippen molar-refractivity contribution < 1.29 is 19.4 Å². The van der Waals surface area contributed by atoms with Gasteiger partial charge in [0, 0.05) is 81.2 Å². The topological polar surface area (TPSA) is 119 Å². The van der Waals surface area contributed by atoms with Crippen molar-refractivity contribution in [2.75, 3.05) is 68.1 Å². The highest BCUT2D eigenvalue weighted by Crippen LogP contribution is 2.40. The second-order valence-corrected chi connectivity index (χ2v) is 14.4. The molecule has 0 aromatic carbocycles. The summed E-state index contributed by atoms with van der Waals surface area (Å²) in [6.45, 7) is 12.9. The highest BCUT2D eigenvalue weighted by atomic mass is 16.5. The van der Waals surface area contributed by atoms with Gasteiger partial charge in [0.25, 0.3) is 5.91 Å². The summed E-state index contributed by atoms with van der Waals surface area (Å²) in [5, 5.41) is 14.1. The third-order valence-electron chi connectivity index (χ3n) is 10.2. The number of allylic oxidation sites excluding steroid dienone is 3. The molecule has 0 saturated carbocycles. The van der Waals surface area contributed by atoms with Crippen molar-refractivity contribution in [3.05, 3.63) is 82.7 Å². The van der Waals surface area contributed by atoms with Crippen LogP contribution in [0.3, 0.4) is 0 Å². The maximum atomic E-state index is 13.9. The third-order valence-corrected chi connectivity index (χ3v) is 10.2. The van der Waals surface area contributed by atoms with Crippen LogP contribution in [-0.2, 0) is 35.5 Å². The van der Waals surface area contributed by atoms with Gasteiger partial charge in [0.05, 0.1) is 37.7 Å². The van der Waals surface area contributed by atoms with Gasteiger partial charge >= 0.3 is 0 Å². The highest BCUT2D eigenvalue weighted by molar-refractivity contribution is 6.06. The monoisotopic (exact) mass is 692 g/mol. The average Bonchev–Trinajstić information content (AvgIpc) is 3.60. The Morgan fingerprint density at radius 2 is 1.86 bits per heavy atom. The molecule has 0 radical (unpaired) electrons. The minimum atomic E-state index is -0.331. The summed E-state index contributed by atoms with van der Waals surface area (Å²) < 4.78 is 7.53. The lowest BCUT2D eigenvalue weighted by atomic mass is 9.90. The first kappa shape index (κ1) is 35.9. The molecule has 1 aliphatic carbocycles. The Morgan fingerprint density at radius 1 is 1.10 bits per heavy atom. The smallest absolute Gasteiger partial charge is 0.276 e. The van der Waals surface area contributed by atoms with Gasteiger partial charge in [0.15, 0.2) is 0 Å². The molecule has 12 heteroatoms. The summed E-state index contributed by atoms with van der Waals surface area (Å²) in [6, 6.07) is 8.46. The van der Waals surface area contributed by atoms with Gasteiger partial charge in [-0.2, -0.15) is 0 Å². The van der Waals surface area contributed by atoms with Crippen LogP contribution in [0.2, 0.25) is 0 Å². The Morgan fingerprint density at radius 3 is 2.51 bits per heavy atom. The number of hydrogen-bond donors (Lipinski definition) is 2. The molecule has 51 heavy (non-hydrogen) atoms. The Bertz CT molecular complexity index is 1830. The predicted octanol–water partition coefficient (Wildman–Crippen LogP) is 3.77. The van der Waals surface area contributed by atoms with Gasteiger partial charge < -0.3 is 29.5 Å². The Kier molecular flexibility index (Phi) is 10.6. The molecule has 2 amide bonds. The van der Waals surface area contributed by atoms with E-state index in [-0.39, 0.29) is 17.9 Å². The standard InChI is InChI=1S/C37H46N8O4.C2H2/c1-25(40-34-6-5-28(19-39-34)42-9-11-43(12-10-42)29-22-49-23-29)15-27(20-41(4)24-47)30-7-8-38-35(31(30)21-46)45-14-13-44-32(36(45)48)16-26-17-37(2,3)18-33(26)44;1-2/h5-8,15-16,19-20,24,29,46H,9-14,17-18,21-23H2,1-4H3,(H,39,40);1-2H/b25-15+,27-20+;. The number of piperazine rings is 1. The highest BCUT2D eigenvalue weighted by Gasteiger charge is 2.37. The van der Waals surface area contributed by atoms with E-state index < -0.39 is 0 Å². The zero-order valence-electron chi connectivity index (χ0n) is 30.0. The first-order valence-electron chi connectivity index (χ1n) is 17.5. The number of amides is 2. The number of aliphatic hydroxyl groups excluding tert-OH is 1. The normalized spacial score (nSPS) is 19.1. The van der Waals surface area contributed by atoms with Crippen LogP contribution in [-0.4, -0.2) is 101 Å². The van der Waals surface area contributed by atoms with Gasteiger partial charge in [-0.15, -0.1) is 12.8 Å². The van der Waals surface area contributed by atoms with Crippen molar-refractivity contribution >= 4 is 35.2 Å². The lowest BCUT2D eigenvalue weighted by Gasteiger charge is -2.43. The quantitative estimate of drug-likeness (QED) is 0.186. The average molecular weight is 693 g/mol. The van der Waals surface area contributed by atoms with Crippen LogP contribution < -0.4 is 15.1 Å². The molecule has 0 bridgehead atoms. The van der Waals surface area contributed by atoms with E-state index in [0.717, 1.165) is 70.0 Å². The number of nitrogens with one attached hydrogen (secondary N) is 1. The number of terminal acetylenes is 1. The number of ether oxygens (including phenoxy) is 1. The second-order valence-electron chi connectivity index (χ2n) is 14.4. The molecule has 268 valence electrons. The maximum Gasteiger partial charge on any atom is 0.276 e. The second kappa shape index (κ2) is 15.1. The lowest BCUT2D eigenvalue weighted by molar-refractivity contribution is -0.114. The maximum absolute atomic E-state index is 13.9. The molecule has 0 spiro atoms. The van der Waals surface area contributed by atoms with Gasteiger partial charge in [-0.3, -0.25) is 19.4 Å². The molecule has 6 heterocycles. The van der Waals surface area contributed by atoms with Crippen LogP contribution in [0.4, 0.5) is 17.3 Å². The molecule has 7 rings (SSSR count). The third kappa shape index (κ3) is 7.42. The number of fused-ring (bicyclic) bond motifs is 3. The molecular weight excluding hydrogens is 644 g/mol. The van der Waals surface area contributed by atoms with E-state index >= 15 is 0 Å². The molecule has 2 N–H and O–H groups in total. The molecular formula is C39H48N8O4. The van der Waals surface area contributed by atoms with Crippen molar-refractivity contribution in [1.82, 2.24) is 24.3 Å². The molecule has 0 unspecified atom stereocenters. The van der Waals surface area contributed by atoms with Gasteiger partial charge in [-0.1, -0.05) is 13.8 Å². The summed E-state index contributed by atoms with van der Waals surface area (Å²) in [5.41, 5.74) is 7.12. The molecule has 3 aromatic heterocycles. The molecule has 12 nitrogen and oxygen atoms in total. The van der Waals surface area contributed by atoms with Gasteiger partial charge in [0.2, 0.25) is 6.41 Å². The number of carbonyl (C=O) groups excluding carboxylic acids is 2. The Balaban J connectivity index is 0.00000220. The number of pyridine rings is 2. The van der Waals surface area contributed by atoms with Crippen molar-refractivity contribution in [1.29, 1.82) is 0 Å². The van der Waals surface area contributed by atoms with E-state index in [1.165, 1.54) is 16.2 Å². The van der Waals surface area contributed by atoms with Crippen molar-refractivity contribution in [2.24, 2.45) is 5.41 Å². The Hall–Kier alpha value is -4.96. The Labute approximate surface area is 300 Å². The largest absolute Gasteiger partial charge is 0.392 e. The van der Waals surface area contributed by atoms with Crippen molar-refractivity contribution in [2.45, 2.75) is 52.8 Å². The first-order valence-corrected chi connectivity index (χ1v) is 17.5. The van der Waals surface area contributed by atoms with Crippen molar-refractivity contribution in [3.63, 3.8) is 0 Å². The fourth-order valence-electron chi connectivity index (χ4n) is 7.59. The van der Waals surface area contributed by atoms with Crippen LogP contribution in [0.25, 0.3) is 5.57 Å². The van der Waals surface area contributed by atoms with E-state index in [4.69, 9.17) is 4.74 Å². The zero-order chi connectivity index (χ0) is 36.3. The fraction of sp³-hybridized carbons (Fsp3) is 0.436. The summed E-state index contributed by atoms with van der Waals surface area (Å²) in [6.07, 6.45) is 17.8. The van der Waals surface area contributed by atoms with Crippen LogP contribution in [0, 0.1) is 18.3 Å².